The molecule has 5 nitrogen and oxygen atoms in total. The lowest BCUT2D eigenvalue weighted by Gasteiger charge is -2.20. The van der Waals surface area contributed by atoms with Gasteiger partial charge in [0.15, 0.2) is 0 Å². The molecule has 2 rings (SSSR count). The highest BCUT2D eigenvalue weighted by molar-refractivity contribution is 5.99. The number of rotatable bonds is 2. The van der Waals surface area contributed by atoms with Crippen LogP contribution in [0, 0.1) is 0 Å². The summed E-state index contributed by atoms with van der Waals surface area (Å²) >= 11 is 0. The lowest BCUT2D eigenvalue weighted by molar-refractivity contribution is 0.0572. The van der Waals surface area contributed by atoms with Gasteiger partial charge in [0.2, 0.25) is 0 Å². The monoisotopic (exact) mass is 250 g/mol. The highest BCUT2D eigenvalue weighted by Gasteiger charge is 2.34. The lowest BCUT2D eigenvalue weighted by Crippen LogP contribution is -2.34. The number of likely N-dealkylation sites (tertiary alicyclic amines) is 1. The first kappa shape index (κ1) is 12.7. The number of anilines is 1. The van der Waals surface area contributed by atoms with Crippen LogP contribution in [0.1, 0.15) is 23.7 Å². The molecule has 1 atom stereocenters. The van der Waals surface area contributed by atoms with Crippen LogP contribution in [0.15, 0.2) is 18.2 Å². The molecule has 0 aromatic heterocycles. The number of carbonyl (C=O) groups excluding carboxylic acids is 1. The van der Waals surface area contributed by atoms with E-state index in [0.29, 0.717) is 36.5 Å². The van der Waals surface area contributed by atoms with Gasteiger partial charge in [0.25, 0.3) is 5.91 Å². The van der Waals surface area contributed by atoms with E-state index in [0.717, 1.165) is 0 Å². The molecule has 1 aliphatic rings. The summed E-state index contributed by atoms with van der Waals surface area (Å²) in [4.78, 5) is 13.9. The number of methoxy groups -OCH3 is 1. The van der Waals surface area contributed by atoms with E-state index in [2.05, 4.69) is 0 Å². The fraction of sp³-hybridized carbons (Fsp3) is 0.462. The molecule has 5 heteroatoms. The largest absolute Gasteiger partial charge is 0.497 e. The van der Waals surface area contributed by atoms with Crippen LogP contribution in [-0.4, -0.2) is 41.7 Å². The van der Waals surface area contributed by atoms with E-state index in [9.17, 15) is 9.90 Å². The van der Waals surface area contributed by atoms with Crippen molar-refractivity contribution >= 4 is 11.6 Å². The van der Waals surface area contributed by atoms with Crippen LogP contribution in [0.5, 0.6) is 5.75 Å². The average molecular weight is 250 g/mol. The topological polar surface area (TPSA) is 75.8 Å². The van der Waals surface area contributed by atoms with Gasteiger partial charge in [0.1, 0.15) is 5.75 Å². The van der Waals surface area contributed by atoms with Gasteiger partial charge in [0.05, 0.1) is 18.3 Å². The van der Waals surface area contributed by atoms with Gasteiger partial charge < -0.3 is 20.5 Å². The standard InChI is InChI=1S/C13H18N2O3/c1-13(17)5-6-15(8-13)12(16)10-7-9(18-2)3-4-11(10)14/h3-4,7,17H,5-6,8,14H2,1-2H3. The van der Waals surface area contributed by atoms with Gasteiger partial charge in [-0.05, 0) is 31.5 Å². The van der Waals surface area contributed by atoms with Crippen LogP contribution < -0.4 is 10.5 Å². The van der Waals surface area contributed by atoms with E-state index in [1.54, 1.807) is 37.1 Å². The molecule has 1 unspecified atom stereocenters. The second kappa shape index (κ2) is 4.49. The smallest absolute Gasteiger partial charge is 0.256 e. The van der Waals surface area contributed by atoms with E-state index < -0.39 is 5.60 Å². The van der Waals surface area contributed by atoms with Crippen molar-refractivity contribution in [1.29, 1.82) is 0 Å². The van der Waals surface area contributed by atoms with E-state index in [4.69, 9.17) is 10.5 Å². The molecular weight excluding hydrogens is 232 g/mol. The Kier molecular flexibility index (Phi) is 3.17. The average Bonchev–Trinajstić information content (AvgIpc) is 2.69. The van der Waals surface area contributed by atoms with Crippen LogP contribution in [0.4, 0.5) is 5.69 Å². The number of benzene rings is 1. The zero-order valence-corrected chi connectivity index (χ0v) is 10.6. The van der Waals surface area contributed by atoms with Crippen molar-refractivity contribution in [2.75, 3.05) is 25.9 Å². The summed E-state index contributed by atoms with van der Waals surface area (Å²) in [7, 11) is 1.54. The molecule has 0 radical (unpaired) electrons. The van der Waals surface area contributed by atoms with E-state index in [1.807, 2.05) is 0 Å². The zero-order chi connectivity index (χ0) is 13.3. The minimum atomic E-state index is -0.802. The normalized spacial score (nSPS) is 23.2. The van der Waals surface area contributed by atoms with Gasteiger partial charge in [-0.2, -0.15) is 0 Å². The van der Waals surface area contributed by atoms with Crippen molar-refractivity contribution in [2.24, 2.45) is 0 Å². The predicted molar refractivity (Wildman–Crippen MR) is 68.6 cm³/mol. The third kappa shape index (κ3) is 2.41. The number of nitrogen functional groups attached to an aromatic ring is 1. The van der Waals surface area contributed by atoms with Crippen molar-refractivity contribution in [3.8, 4) is 5.75 Å². The van der Waals surface area contributed by atoms with Crippen LogP contribution >= 0.6 is 0 Å². The summed E-state index contributed by atoms with van der Waals surface area (Å²) in [6.07, 6.45) is 0.586. The fourth-order valence-electron chi connectivity index (χ4n) is 2.14. The predicted octanol–water partition coefficient (Wildman–Crippen LogP) is 0.874. The van der Waals surface area contributed by atoms with Gasteiger partial charge in [-0.1, -0.05) is 0 Å². The molecule has 98 valence electrons. The van der Waals surface area contributed by atoms with Gasteiger partial charge >= 0.3 is 0 Å². The lowest BCUT2D eigenvalue weighted by atomic mass is 10.1. The summed E-state index contributed by atoms with van der Waals surface area (Å²) in [6.45, 7) is 2.61. The molecule has 0 bridgehead atoms. The molecule has 1 saturated heterocycles. The van der Waals surface area contributed by atoms with Gasteiger partial charge in [-0.25, -0.2) is 0 Å². The van der Waals surface area contributed by atoms with Crippen LogP contribution in [0.25, 0.3) is 0 Å². The Hall–Kier alpha value is -1.75. The summed E-state index contributed by atoms with van der Waals surface area (Å²) in [6, 6.07) is 5.00. The van der Waals surface area contributed by atoms with E-state index in [-0.39, 0.29) is 5.91 Å². The highest BCUT2D eigenvalue weighted by Crippen LogP contribution is 2.26. The molecule has 18 heavy (non-hydrogen) atoms. The molecule has 0 spiro atoms. The number of hydrogen-bond acceptors (Lipinski definition) is 4. The van der Waals surface area contributed by atoms with Crippen molar-refractivity contribution in [3.05, 3.63) is 23.8 Å². The summed E-state index contributed by atoms with van der Waals surface area (Å²) in [5, 5.41) is 9.88. The third-order valence-corrected chi connectivity index (χ3v) is 3.23. The molecule has 1 aliphatic heterocycles. The molecule has 0 saturated carbocycles. The number of aliphatic hydroxyl groups is 1. The maximum Gasteiger partial charge on any atom is 0.256 e. The molecule has 0 aliphatic carbocycles. The van der Waals surface area contributed by atoms with Crippen LogP contribution in [-0.2, 0) is 0 Å². The quantitative estimate of drug-likeness (QED) is 0.764. The number of β-amino-alcohol motifs (C(OH)–C–C–N with tert-alkyl or cyclic N) is 1. The Bertz CT molecular complexity index is 471. The number of nitrogens with zero attached hydrogens (tertiary/aromatic N) is 1. The fourth-order valence-corrected chi connectivity index (χ4v) is 2.14. The third-order valence-electron chi connectivity index (χ3n) is 3.23. The molecule has 1 heterocycles. The molecular formula is C13H18N2O3. The Morgan fingerprint density at radius 3 is 2.83 bits per heavy atom. The Morgan fingerprint density at radius 2 is 2.28 bits per heavy atom. The maximum atomic E-state index is 12.3. The summed E-state index contributed by atoms with van der Waals surface area (Å²) in [5.74, 6) is 0.433. The molecule has 3 N–H and O–H groups in total. The first-order valence-electron chi connectivity index (χ1n) is 5.88. The van der Waals surface area contributed by atoms with E-state index >= 15 is 0 Å². The minimum absolute atomic E-state index is 0.163. The summed E-state index contributed by atoms with van der Waals surface area (Å²) < 4.78 is 5.09. The summed E-state index contributed by atoms with van der Waals surface area (Å²) in [5.41, 5.74) is 5.86. The van der Waals surface area contributed by atoms with Crippen molar-refractivity contribution in [3.63, 3.8) is 0 Å². The van der Waals surface area contributed by atoms with Crippen LogP contribution in [0.2, 0.25) is 0 Å². The van der Waals surface area contributed by atoms with Gasteiger partial charge in [0, 0.05) is 18.8 Å². The van der Waals surface area contributed by atoms with Crippen LogP contribution in [0.3, 0.4) is 0 Å². The number of nitrogens with two attached hydrogens (primary N) is 1. The number of carbonyl (C=O) groups is 1. The Balaban J connectivity index is 2.24. The Morgan fingerprint density at radius 1 is 1.56 bits per heavy atom. The molecule has 1 amide bonds. The Labute approximate surface area is 106 Å². The first-order valence-corrected chi connectivity index (χ1v) is 5.88. The first-order chi connectivity index (χ1) is 8.43. The van der Waals surface area contributed by atoms with Crippen molar-refractivity contribution < 1.29 is 14.6 Å². The SMILES string of the molecule is COc1ccc(N)c(C(=O)N2CCC(C)(O)C2)c1. The van der Waals surface area contributed by atoms with Gasteiger partial charge in [-0.15, -0.1) is 0 Å². The highest BCUT2D eigenvalue weighted by atomic mass is 16.5. The molecule has 1 fully saturated rings. The molecule has 1 aromatic rings. The number of ether oxygens (including phenoxy) is 1. The van der Waals surface area contributed by atoms with Gasteiger partial charge in [-0.3, -0.25) is 4.79 Å². The minimum Gasteiger partial charge on any atom is -0.497 e. The number of hydrogen-bond donors (Lipinski definition) is 2. The second-order valence-electron chi connectivity index (χ2n) is 4.93. The maximum absolute atomic E-state index is 12.3. The van der Waals surface area contributed by atoms with Crippen molar-refractivity contribution in [2.45, 2.75) is 18.9 Å². The zero-order valence-electron chi connectivity index (χ0n) is 10.6. The van der Waals surface area contributed by atoms with Crippen molar-refractivity contribution in [1.82, 2.24) is 4.90 Å². The number of amides is 1. The van der Waals surface area contributed by atoms with E-state index in [1.165, 1.54) is 0 Å². The molecule has 1 aromatic carbocycles. The second-order valence-corrected chi connectivity index (χ2v) is 4.93.